The summed E-state index contributed by atoms with van der Waals surface area (Å²) in [5.74, 6) is 0. The predicted molar refractivity (Wildman–Crippen MR) is 76.7 cm³/mol. The molecule has 0 radical (unpaired) electrons. The minimum absolute atomic E-state index is 0.0858. The lowest BCUT2D eigenvalue weighted by molar-refractivity contribution is 0.0508. The lowest BCUT2D eigenvalue weighted by atomic mass is 10.0. The molecule has 1 aromatic rings. The summed E-state index contributed by atoms with van der Waals surface area (Å²) >= 11 is 3.44. The number of nitrogens with one attached hydrogen (secondary N) is 1. The molecule has 0 bridgehead atoms. The first-order valence-electron chi connectivity index (χ1n) is 5.94. The van der Waals surface area contributed by atoms with Crippen LogP contribution in [0.2, 0.25) is 0 Å². The third-order valence-corrected chi connectivity index (χ3v) is 2.93. The van der Waals surface area contributed by atoms with E-state index in [2.05, 4.69) is 21.2 Å². The summed E-state index contributed by atoms with van der Waals surface area (Å²) in [5.41, 5.74) is 1.74. The zero-order chi connectivity index (χ0) is 13.9. The molecule has 1 unspecified atom stereocenters. The van der Waals surface area contributed by atoms with E-state index >= 15 is 0 Å². The van der Waals surface area contributed by atoms with E-state index in [1.165, 1.54) is 0 Å². The number of aryl methyl sites for hydroxylation is 1. The molecular formula is C14H20BrNO2. The van der Waals surface area contributed by atoms with Gasteiger partial charge in [0.15, 0.2) is 0 Å². The number of hydrogen-bond acceptors (Lipinski definition) is 2. The van der Waals surface area contributed by atoms with Crippen LogP contribution in [-0.2, 0) is 4.74 Å². The zero-order valence-electron chi connectivity index (χ0n) is 11.5. The number of carbonyl (C=O) groups is 1. The summed E-state index contributed by atoms with van der Waals surface area (Å²) in [5, 5.41) is 2.84. The van der Waals surface area contributed by atoms with Crippen LogP contribution in [0.15, 0.2) is 22.7 Å². The number of carbonyl (C=O) groups excluding carboxylic acids is 1. The van der Waals surface area contributed by atoms with Crippen molar-refractivity contribution in [1.29, 1.82) is 0 Å². The summed E-state index contributed by atoms with van der Waals surface area (Å²) in [4.78, 5) is 11.7. The molecule has 100 valence electrons. The molecule has 0 fully saturated rings. The van der Waals surface area contributed by atoms with Crippen molar-refractivity contribution in [2.24, 2.45) is 0 Å². The highest BCUT2D eigenvalue weighted by atomic mass is 79.9. The predicted octanol–water partition coefficient (Wildman–Crippen LogP) is 4.34. The molecule has 4 heteroatoms. The summed E-state index contributed by atoms with van der Waals surface area (Å²) in [7, 11) is 0. The van der Waals surface area contributed by atoms with E-state index in [9.17, 15) is 4.79 Å². The number of hydrogen-bond donors (Lipinski definition) is 1. The minimum atomic E-state index is -0.476. The van der Waals surface area contributed by atoms with E-state index in [1.807, 2.05) is 52.8 Å². The van der Waals surface area contributed by atoms with Crippen molar-refractivity contribution in [3.63, 3.8) is 0 Å². The Morgan fingerprint density at radius 3 is 2.56 bits per heavy atom. The highest BCUT2D eigenvalue weighted by Gasteiger charge is 2.19. The number of amides is 1. The highest BCUT2D eigenvalue weighted by Crippen LogP contribution is 2.22. The SMILES string of the molecule is Cc1ccc(Br)cc1C(C)NC(=O)OC(C)(C)C. The fourth-order valence-corrected chi connectivity index (χ4v) is 2.02. The molecule has 3 nitrogen and oxygen atoms in total. The number of rotatable bonds is 2. The molecule has 0 saturated carbocycles. The third-order valence-electron chi connectivity index (χ3n) is 2.44. The number of ether oxygens (including phenoxy) is 1. The first-order valence-corrected chi connectivity index (χ1v) is 6.74. The second-order valence-corrected chi connectivity index (χ2v) is 6.28. The van der Waals surface area contributed by atoms with Gasteiger partial charge in [0.05, 0.1) is 6.04 Å². The zero-order valence-corrected chi connectivity index (χ0v) is 13.1. The Hall–Kier alpha value is -1.03. The number of benzene rings is 1. The summed E-state index contributed by atoms with van der Waals surface area (Å²) in [6.07, 6.45) is -0.394. The molecule has 0 saturated heterocycles. The van der Waals surface area contributed by atoms with E-state index in [0.717, 1.165) is 15.6 Å². The van der Waals surface area contributed by atoms with Crippen LogP contribution in [0.1, 0.15) is 44.9 Å². The standard InChI is InChI=1S/C14H20BrNO2/c1-9-6-7-11(15)8-12(9)10(2)16-13(17)18-14(3,4)5/h6-8,10H,1-5H3,(H,16,17). The second-order valence-electron chi connectivity index (χ2n) is 5.37. The first kappa shape index (κ1) is 15.0. The van der Waals surface area contributed by atoms with Gasteiger partial charge in [-0.2, -0.15) is 0 Å². The first-order chi connectivity index (χ1) is 8.19. The molecule has 0 aliphatic heterocycles. The summed E-state index contributed by atoms with van der Waals surface area (Å²) in [6.45, 7) is 9.51. The van der Waals surface area contributed by atoms with E-state index in [4.69, 9.17) is 4.74 Å². The molecule has 1 rings (SSSR count). The van der Waals surface area contributed by atoms with Crippen molar-refractivity contribution in [3.05, 3.63) is 33.8 Å². The lowest BCUT2D eigenvalue weighted by Crippen LogP contribution is -2.34. The van der Waals surface area contributed by atoms with Gasteiger partial charge in [-0.3, -0.25) is 0 Å². The van der Waals surface area contributed by atoms with Crippen LogP contribution in [0.3, 0.4) is 0 Å². The van der Waals surface area contributed by atoms with Crippen LogP contribution in [-0.4, -0.2) is 11.7 Å². The van der Waals surface area contributed by atoms with Crippen molar-refractivity contribution in [2.45, 2.75) is 46.3 Å². The molecule has 1 atom stereocenters. The molecule has 0 aliphatic carbocycles. The Morgan fingerprint density at radius 2 is 2.00 bits per heavy atom. The van der Waals surface area contributed by atoms with Crippen molar-refractivity contribution in [2.75, 3.05) is 0 Å². The molecule has 1 aromatic carbocycles. The summed E-state index contributed by atoms with van der Waals surface area (Å²) < 4.78 is 6.24. The van der Waals surface area contributed by atoms with Crippen LogP contribution >= 0.6 is 15.9 Å². The maximum absolute atomic E-state index is 11.7. The van der Waals surface area contributed by atoms with Gasteiger partial charge < -0.3 is 10.1 Å². The van der Waals surface area contributed by atoms with E-state index in [-0.39, 0.29) is 6.04 Å². The smallest absolute Gasteiger partial charge is 0.408 e. The Labute approximate surface area is 117 Å². The maximum Gasteiger partial charge on any atom is 0.408 e. The summed E-state index contributed by atoms with van der Waals surface area (Å²) in [6, 6.07) is 5.93. The van der Waals surface area contributed by atoms with Gasteiger partial charge in [0.1, 0.15) is 5.60 Å². The van der Waals surface area contributed by atoms with Gasteiger partial charge in [0, 0.05) is 4.47 Å². The Balaban J connectivity index is 2.73. The average Bonchev–Trinajstić information content (AvgIpc) is 2.18. The fourth-order valence-electron chi connectivity index (χ4n) is 1.64. The van der Waals surface area contributed by atoms with Crippen LogP contribution in [0.4, 0.5) is 4.79 Å². The molecule has 18 heavy (non-hydrogen) atoms. The molecule has 0 spiro atoms. The second kappa shape index (κ2) is 5.74. The Kier molecular flexibility index (Phi) is 4.79. The van der Waals surface area contributed by atoms with Crippen LogP contribution in [0, 0.1) is 6.92 Å². The van der Waals surface area contributed by atoms with Gasteiger partial charge in [0.25, 0.3) is 0 Å². The van der Waals surface area contributed by atoms with Gasteiger partial charge in [-0.1, -0.05) is 22.0 Å². The molecule has 1 amide bonds. The van der Waals surface area contributed by atoms with Crippen molar-refractivity contribution in [3.8, 4) is 0 Å². The van der Waals surface area contributed by atoms with E-state index < -0.39 is 11.7 Å². The largest absolute Gasteiger partial charge is 0.444 e. The molecule has 0 aromatic heterocycles. The molecule has 0 aliphatic rings. The van der Waals surface area contributed by atoms with Gasteiger partial charge in [-0.05, 0) is 57.9 Å². The van der Waals surface area contributed by atoms with Crippen molar-refractivity contribution >= 4 is 22.0 Å². The monoisotopic (exact) mass is 313 g/mol. The fraction of sp³-hybridized carbons (Fsp3) is 0.500. The van der Waals surface area contributed by atoms with Gasteiger partial charge in [0.2, 0.25) is 0 Å². The lowest BCUT2D eigenvalue weighted by Gasteiger charge is -2.22. The normalized spacial score (nSPS) is 13.0. The van der Waals surface area contributed by atoms with Gasteiger partial charge in [-0.15, -0.1) is 0 Å². The Bertz CT molecular complexity index is 438. The van der Waals surface area contributed by atoms with Crippen LogP contribution in [0.25, 0.3) is 0 Å². The van der Waals surface area contributed by atoms with Gasteiger partial charge in [-0.25, -0.2) is 4.79 Å². The molecular weight excluding hydrogens is 294 g/mol. The number of halogens is 1. The number of alkyl carbamates (subject to hydrolysis) is 1. The molecule has 1 N–H and O–H groups in total. The topological polar surface area (TPSA) is 38.3 Å². The van der Waals surface area contributed by atoms with Crippen LogP contribution in [0.5, 0.6) is 0 Å². The maximum atomic E-state index is 11.7. The highest BCUT2D eigenvalue weighted by molar-refractivity contribution is 9.10. The van der Waals surface area contributed by atoms with Crippen LogP contribution < -0.4 is 5.32 Å². The molecule has 0 heterocycles. The quantitative estimate of drug-likeness (QED) is 0.881. The van der Waals surface area contributed by atoms with Gasteiger partial charge >= 0.3 is 6.09 Å². The van der Waals surface area contributed by atoms with Crippen molar-refractivity contribution in [1.82, 2.24) is 5.32 Å². The minimum Gasteiger partial charge on any atom is -0.444 e. The third kappa shape index (κ3) is 4.69. The Morgan fingerprint density at radius 1 is 1.39 bits per heavy atom. The van der Waals surface area contributed by atoms with E-state index in [1.54, 1.807) is 0 Å². The average molecular weight is 314 g/mol. The van der Waals surface area contributed by atoms with Crippen molar-refractivity contribution < 1.29 is 9.53 Å². The van der Waals surface area contributed by atoms with E-state index in [0.29, 0.717) is 0 Å².